The van der Waals surface area contributed by atoms with E-state index in [2.05, 4.69) is 20.7 Å². The van der Waals surface area contributed by atoms with Crippen molar-refractivity contribution in [3.8, 4) is 11.4 Å². The van der Waals surface area contributed by atoms with Crippen LogP contribution in [0.15, 0.2) is 48.5 Å². The number of nitrogens with one attached hydrogen (secondary N) is 1. The van der Waals surface area contributed by atoms with Crippen LogP contribution < -0.4 is 5.32 Å². The van der Waals surface area contributed by atoms with E-state index in [9.17, 15) is 9.59 Å². The molecule has 1 heterocycles. The smallest absolute Gasteiger partial charge is 0.308 e. The van der Waals surface area contributed by atoms with Crippen molar-refractivity contribution in [2.45, 2.75) is 25.9 Å². The van der Waals surface area contributed by atoms with Crippen molar-refractivity contribution in [3.63, 3.8) is 0 Å². The first-order valence-electron chi connectivity index (χ1n) is 9.19. The van der Waals surface area contributed by atoms with E-state index in [0.717, 1.165) is 5.56 Å². The number of benzene rings is 2. The second-order valence-corrected chi connectivity index (χ2v) is 7.14. The summed E-state index contributed by atoms with van der Waals surface area (Å²) >= 11 is 12.1. The van der Waals surface area contributed by atoms with Crippen LogP contribution in [0.4, 0.5) is 0 Å². The summed E-state index contributed by atoms with van der Waals surface area (Å²) in [5, 5.41) is 15.9. The lowest BCUT2D eigenvalue weighted by molar-refractivity contribution is -0.143. The first kappa shape index (κ1) is 21.7. The van der Waals surface area contributed by atoms with Crippen molar-refractivity contribution in [1.82, 2.24) is 25.5 Å². The van der Waals surface area contributed by atoms with Gasteiger partial charge in [0.1, 0.15) is 6.54 Å². The van der Waals surface area contributed by atoms with Gasteiger partial charge in [-0.05, 0) is 48.0 Å². The lowest BCUT2D eigenvalue weighted by atomic mass is 10.0. The van der Waals surface area contributed by atoms with E-state index in [1.165, 1.54) is 4.80 Å². The molecule has 2 aromatic carbocycles. The lowest BCUT2D eigenvalue weighted by Crippen LogP contribution is -2.34. The summed E-state index contributed by atoms with van der Waals surface area (Å²) < 4.78 is 5.01. The van der Waals surface area contributed by atoms with Crippen molar-refractivity contribution in [2.75, 3.05) is 6.61 Å². The van der Waals surface area contributed by atoms with E-state index in [1.807, 2.05) is 0 Å². The van der Waals surface area contributed by atoms with Crippen molar-refractivity contribution in [1.29, 1.82) is 0 Å². The fourth-order valence-corrected chi connectivity index (χ4v) is 3.17. The lowest BCUT2D eigenvalue weighted by Gasteiger charge is -2.19. The number of aromatic nitrogens is 4. The van der Waals surface area contributed by atoms with Gasteiger partial charge in [0.05, 0.1) is 19.1 Å². The molecule has 0 radical (unpaired) electrons. The third-order valence-corrected chi connectivity index (χ3v) is 4.73. The fourth-order valence-electron chi connectivity index (χ4n) is 2.78. The highest BCUT2D eigenvalue weighted by Gasteiger charge is 2.22. The number of hydrogen-bond acceptors (Lipinski definition) is 6. The van der Waals surface area contributed by atoms with E-state index < -0.39 is 17.9 Å². The molecule has 8 nitrogen and oxygen atoms in total. The van der Waals surface area contributed by atoms with Gasteiger partial charge in [-0.3, -0.25) is 9.59 Å². The number of carbonyl (C=O) groups excluding carboxylic acids is 2. The Balaban J connectivity index is 1.70. The number of hydrogen-bond donors (Lipinski definition) is 1. The SMILES string of the molecule is CCOC(=O)CC(NC(=O)Cn1nnc(-c2ccc(Cl)cc2)n1)c1ccccc1Cl. The van der Waals surface area contributed by atoms with Gasteiger partial charge in [0.2, 0.25) is 11.7 Å². The number of nitrogens with zero attached hydrogens (tertiary/aromatic N) is 4. The van der Waals surface area contributed by atoms with Crippen LogP contribution in [0, 0.1) is 0 Å². The van der Waals surface area contributed by atoms with Gasteiger partial charge in [0, 0.05) is 15.6 Å². The molecule has 30 heavy (non-hydrogen) atoms. The summed E-state index contributed by atoms with van der Waals surface area (Å²) in [6.45, 7) is 1.79. The average Bonchev–Trinajstić information content (AvgIpc) is 3.17. The molecule has 0 spiro atoms. The van der Waals surface area contributed by atoms with E-state index >= 15 is 0 Å². The van der Waals surface area contributed by atoms with Crippen LogP contribution in [0.1, 0.15) is 24.9 Å². The van der Waals surface area contributed by atoms with Gasteiger partial charge in [0.15, 0.2) is 0 Å². The number of amides is 1. The van der Waals surface area contributed by atoms with Gasteiger partial charge in [-0.25, -0.2) is 0 Å². The monoisotopic (exact) mass is 447 g/mol. The molecule has 1 amide bonds. The van der Waals surface area contributed by atoms with Crippen LogP contribution in [-0.4, -0.2) is 38.7 Å². The normalized spacial score (nSPS) is 11.7. The molecule has 0 aliphatic rings. The Kier molecular flexibility index (Phi) is 7.37. The van der Waals surface area contributed by atoms with Crippen LogP contribution >= 0.6 is 23.2 Å². The molecule has 0 saturated carbocycles. The highest BCUT2D eigenvalue weighted by Crippen LogP contribution is 2.25. The summed E-state index contributed by atoms with van der Waals surface area (Å²) in [4.78, 5) is 25.8. The molecule has 0 fully saturated rings. The molecule has 0 aliphatic carbocycles. The Morgan fingerprint density at radius 1 is 1.13 bits per heavy atom. The maximum atomic E-state index is 12.6. The predicted octanol–water partition coefficient (Wildman–Crippen LogP) is 3.46. The van der Waals surface area contributed by atoms with Gasteiger partial charge >= 0.3 is 5.97 Å². The molecule has 1 N–H and O–H groups in total. The Hall–Kier alpha value is -2.97. The fraction of sp³-hybridized carbons (Fsp3) is 0.250. The third kappa shape index (κ3) is 5.77. The largest absolute Gasteiger partial charge is 0.466 e. The van der Waals surface area contributed by atoms with E-state index in [-0.39, 0.29) is 19.6 Å². The summed E-state index contributed by atoms with van der Waals surface area (Å²) in [5.41, 5.74) is 1.34. The van der Waals surface area contributed by atoms with Gasteiger partial charge in [0.25, 0.3) is 0 Å². The van der Waals surface area contributed by atoms with Crippen molar-refractivity contribution in [2.24, 2.45) is 0 Å². The highest BCUT2D eigenvalue weighted by atomic mass is 35.5. The number of rotatable bonds is 8. The van der Waals surface area contributed by atoms with E-state index in [1.54, 1.807) is 55.5 Å². The van der Waals surface area contributed by atoms with Crippen LogP contribution in [-0.2, 0) is 20.9 Å². The molecular formula is C20H19Cl2N5O3. The minimum absolute atomic E-state index is 0.0515. The Labute approximate surface area is 183 Å². The van der Waals surface area contributed by atoms with Crippen LogP contribution in [0.5, 0.6) is 0 Å². The molecule has 1 unspecified atom stereocenters. The molecule has 1 atom stereocenters. The van der Waals surface area contributed by atoms with Gasteiger partial charge in [-0.1, -0.05) is 41.4 Å². The second kappa shape index (κ2) is 10.2. The highest BCUT2D eigenvalue weighted by molar-refractivity contribution is 6.31. The number of halogens is 2. The molecular weight excluding hydrogens is 429 g/mol. The zero-order valence-electron chi connectivity index (χ0n) is 16.1. The van der Waals surface area contributed by atoms with Crippen LogP contribution in [0.3, 0.4) is 0 Å². The topological polar surface area (TPSA) is 99.0 Å². The zero-order chi connectivity index (χ0) is 21.5. The number of carbonyl (C=O) groups is 2. The Morgan fingerprint density at radius 2 is 1.87 bits per heavy atom. The summed E-state index contributed by atoms with van der Waals surface area (Å²) in [7, 11) is 0. The minimum Gasteiger partial charge on any atom is -0.466 e. The minimum atomic E-state index is -0.649. The molecule has 10 heteroatoms. The average molecular weight is 448 g/mol. The van der Waals surface area contributed by atoms with Crippen molar-refractivity contribution in [3.05, 3.63) is 64.1 Å². The maximum Gasteiger partial charge on any atom is 0.308 e. The molecule has 3 aromatic rings. The number of esters is 1. The van der Waals surface area contributed by atoms with E-state index in [0.29, 0.717) is 21.4 Å². The summed E-state index contributed by atoms with van der Waals surface area (Å²) in [6, 6.07) is 13.3. The second-order valence-electron chi connectivity index (χ2n) is 6.30. The summed E-state index contributed by atoms with van der Waals surface area (Å²) in [5.74, 6) is -0.468. The molecule has 1 aromatic heterocycles. The predicted molar refractivity (Wildman–Crippen MR) is 112 cm³/mol. The first-order valence-corrected chi connectivity index (χ1v) is 9.95. The molecule has 0 aliphatic heterocycles. The number of tetrazole rings is 1. The quantitative estimate of drug-likeness (QED) is 0.530. The van der Waals surface area contributed by atoms with Gasteiger partial charge in [-0.2, -0.15) is 4.80 Å². The standard InChI is InChI=1S/C20H19Cl2N5O3/c1-2-30-19(29)11-17(15-5-3-4-6-16(15)22)23-18(28)12-27-25-20(24-26-27)13-7-9-14(21)10-8-13/h3-10,17H,2,11-12H2,1H3,(H,23,28). The van der Waals surface area contributed by atoms with Gasteiger partial charge < -0.3 is 10.1 Å². The maximum absolute atomic E-state index is 12.6. The molecule has 0 bridgehead atoms. The van der Waals surface area contributed by atoms with Crippen molar-refractivity contribution >= 4 is 35.1 Å². The van der Waals surface area contributed by atoms with Crippen LogP contribution in [0.25, 0.3) is 11.4 Å². The molecule has 156 valence electrons. The Bertz CT molecular complexity index is 1020. The summed E-state index contributed by atoms with van der Waals surface area (Å²) in [6.07, 6.45) is -0.0515. The third-order valence-electron chi connectivity index (χ3n) is 4.13. The van der Waals surface area contributed by atoms with Crippen molar-refractivity contribution < 1.29 is 14.3 Å². The van der Waals surface area contributed by atoms with E-state index in [4.69, 9.17) is 27.9 Å². The first-order chi connectivity index (χ1) is 14.5. The number of ether oxygens (including phenoxy) is 1. The molecule has 3 rings (SSSR count). The van der Waals surface area contributed by atoms with Gasteiger partial charge in [-0.15, -0.1) is 10.2 Å². The Morgan fingerprint density at radius 3 is 2.57 bits per heavy atom. The zero-order valence-corrected chi connectivity index (χ0v) is 17.6. The van der Waals surface area contributed by atoms with Crippen LogP contribution in [0.2, 0.25) is 10.0 Å². The molecule has 0 saturated heterocycles.